The van der Waals surface area contributed by atoms with Crippen molar-refractivity contribution in [2.75, 3.05) is 5.88 Å². The Morgan fingerprint density at radius 1 is 1.75 bits per heavy atom. The molecule has 21 valence electrons. The van der Waals surface area contributed by atoms with Crippen LogP contribution in [0.2, 0.25) is 0 Å². The summed E-state index contributed by atoms with van der Waals surface area (Å²) in [6, 6.07) is 0. The molecule has 0 aromatic carbocycles. The third kappa shape index (κ3) is 10.4. The summed E-state index contributed by atoms with van der Waals surface area (Å²) >= 11 is 5.00. The monoisotopic (exact) mass is 87.0 g/mol. The van der Waals surface area contributed by atoms with Gasteiger partial charge in [-0.05, 0) is 0 Å². The maximum Gasteiger partial charge on any atom is 0.0195 e. The van der Waals surface area contributed by atoms with Gasteiger partial charge in [0.25, 0.3) is 0 Å². The van der Waals surface area contributed by atoms with Crippen molar-refractivity contribution in [2.24, 2.45) is 0 Å². The van der Waals surface area contributed by atoms with Gasteiger partial charge < -0.3 is 0 Å². The van der Waals surface area contributed by atoms with Crippen molar-refractivity contribution in [3.63, 3.8) is 0 Å². The molecule has 0 saturated carbocycles. The molecule has 0 spiro atoms. The van der Waals surface area contributed by atoms with E-state index in [0.717, 1.165) is 5.88 Å². The molecule has 0 N–H and O–H groups in total. The topological polar surface area (TPSA) is 0 Å². The summed E-state index contributed by atoms with van der Waals surface area (Å²) in [6.45, 7) is 1.89. The van der Waals surface area contributed by atoms with Crippen molar-refractivity contribution in [1.82, 2.24) is 0 Å². The first kappa shape index (κ1) is 8.99. The largest absolute Gasteiger partial charge is 0.127 e. The van der Waals surface area contributed by atoms with E-state index in [2.05, 4.69) is 0 Å². The maximum absolute atomic E-state index is 5.00. The average Bonchev–Trinajstić information content (AvgIpc) is 0.918. The van der Waals surface area contributed by atoms with Crippen LogP contribution in [0.25, 0.3) is 0 Å². The van der Waals surface area contributed by atoms with Crippen LogP contribution in [0.3, 0.4) is 0 Å². The summed E-state index contributed by atoms with van der Waals surface area (Å²) in [7, 11) is 0. The van der Waals surface area contributed by atoms with E-state index >= 15 is 0 Å². The number of hydrogen-bond donors (Lipinski definition) is 0. The number of alkyl halides is 1. The van der Waals surface area contributed by atoms with E-state index in [0.29, 0.717) is 0 Å². The van der Waals surface area contributed by atoms with Gasteiger partial charge in [0.1, 0.15) is 0 Å². The van der Waals surface area contributed by atoms with E-state index in [9.17, 15) is 0 Å². The zero-order valence-corrected chi connectivity index (χ0v) is 5.84. The summed E-state index contributed by atoms with van der Waals surface area (Å²) < 4.78 is 0. The first-order valence-electron chi connectivity index (χ1n) is 0.974. The van der Waals surface area contributed by atoms with Gasteiger partial charge >= 0.3 is 0 Å². The summed E-state index contributed by atoms with van der Waals surface area (Å²) in [4.78, 5) is 0. The predicted octanol–water partition coefficient (Wildman–Crippen LogP) is 0.864. The first-order chi connectivity index (χ1) is 1.41. The number of halogens is 1. The Balaban J connectivity index is 0. The summed E-state index contributed by atoms with van der Waals surface area (Å²) in [6.07, 6.45) is 0. The van der Waals surface area contributed by atoms with Crippen LogP contribution in [0.4, 0.5) is 0 Å². The van der Waals surface area contributed by atoms with Crippen molar-refractivity contribution in [2.45, 2.75) is 6.92 Å². The van der Waals surface area contributed by atoms with Gasteiger partial charge in [-0.1, -0.05) is 6.92 Å². The zero-order chi connectivity index (χ0) is 2.71. The van der Waals surface area contributed by atoms with Gasteiger partial charge in [0, 0.05) is 35.4 Å². The van der Waals surface area contributed by atoms with Gasteiger partial charge in [-0.3, -0.25) is 0 Å². The molecular weight excluding hydrogens is 82.5 g/mol. The molecular formula is C2H5ClNa. The second-order valence-electron chi connectivity index (χ2n) is 0.267. The smallest absolute Gasteiger partial charge is 0.0195 e. The molecule has 0 unspecified atom stereocenters. The molecule has 0 aromatic heterocycles. The third-order valence-corrected chi connectivity index (χ3v) is 0. The molecule has 0 rings (SSSR count). The van der Waals surface area contributed by atoms with Crippen molar-refractivity contribution in [1.29, 1.82) is 0 Å². The van der Waals surface area contributed by atoms with Crippen molar-refractivity contribution < 1.29 is 0 Å². The molecule has 0 aliphatic rings. The van der Waals surface area contributed by atoms with Crippen LogP contribution in [-0.2, 0) is 0 Å². The summed E-state index contributed by atoms with van der Waals surface area (Å²) in [5.41, 5.74) is 0. The van der Waals surface area contributed by atoms with E-state index in [-0.39, 0.29) is 29.6 Å². The van der Waals surface area contributed by atoms with Crippen LogP contribution >= 0.6 is 11.6 Å². The summed E-state index contributed by atoms with van der Waals surface area (Å²) in [5, 5.41) is 0. The normalized spacial score (nSPS) is 4.50. The van der Waals surface area contributed by atoms with E-state index in [4.69, 9.17) is 11.6 Å². The van der Waals surface area contributed by atoms with E-state index in [1.807, 2.05) is 6.92 Å². The molecule has 0 fully saturated rings. The zero-order valence-electron chi connectivity index (χ0n) is 3.09. The van der Waals surface area contributed by atoms with Gasteiger partial charge in [0.15, 0.2) is 0 Å². The Morgan fingerprint density at radius 3 is 1.75 bits per heavy atom. The van der Waals surface area contributed by atoms with Gasteiger partial charge in [0.2, 0.25) is 0 Å². The third-order valence-electron chi connectivity index (χ3n) is 0. The quantitative estimate of drug-likeness (QED) is 0.304. The van der Waals surface area contributed by atoms with Gasteiger partial charge in [-0.2, -0.15) is 0 Å². The second-order valence-corrected chi connectivity index (χ2v) is 0.802. The van der Waals surface area contributed by atoms with Crippen LogP contribution in [-0.4, -0.2) is 35.4 Å². The molecule has 0 heterocycles. The molecule has 0 aromatic rings. The van der Waals surface area contributed by atoms with Crippen LogP contribution in [0.1, 0.15) is 6.92 Å². The van der Waals surface area contributed by atoms with Gasteiger partial charge in [-0.25, -0.2) is 0 Å². The molecule has 2 heteroatoms. The number of rotatable bonds is 0. The fraction of sp³-hybridized carbons (Fsp3) is 1.00. The Kier molecular flexibility index (Phi) is 19.9. The van der Waals surface area contributed by atoms with Crippen LogP contribution < -0.4 is 0 Å². The Morgan fingerprint density at radius 2 is 1.75 bits per heavy atom. The second kappa shape index (κ2) is 8.85. The van der Waals surface area contributed by atoms with E-state index in [1.165, 1.54) is 0 Å². The number of hydrogen-bond acceptors (Lipinski definition) is 0. The van der Waals surface area contributed by atoms with Crippen LogP contribution in [0, 0.1) is 0 Å². The minimum absolute atomic E-state index is 0. The molecule has 1 radical (unpaired) electrons. The Labute approximate surface area is 53.8 Å². The van der Waals surface area contributed by atoms with Crippen molar-refractivity contribution in [3.8, 4) is 0 Å². The van der Waals surface area contributed by atoms with E-state index < -0.39 is 0 Å². The van der Waals surface area contributed by atoms with Crippen molar-refractivity contribution in [3.05, 3.63) is 0 Å². The molecule has 0 saturated heterocycles. The Bertz CT molecular complexity index is 6.00. The van der Waals surface area contributed by atoms with E-state index in [1.54, 1.807) is 0 Å². The van der Waals surface area contributed by atoms with Gasteiger partial charge in [-0.15, -0.1) is 11.6 Å². The molecule has 0 bridgehead atoms. The fourth-order valence-electron chi connectivity index (χ4n) is 0. The molecule has 0 nitrogen and oxygen atoms in total. The average molecular weight is 87.5 g/mol. The molecule has 0 aliphatic heterocycles. The molecule has 4 heavy (non-hydrogen) atoms. The predicted molar refractivity (Wildman–Crippen MR) is 22.1 cm³/mol. The maximum atomic E-state index is 5.00. The molecule has 0 amide bonds. The fourth-order valence-corrected chi connectivity index (χ4v) is 0. The SMILES string of the molecule is CCCl.[Na]. The van der Waals surface area contributed by atoms with Gasteiger partial charge in [0.05, 0.1) is 0 Å². The standard InChI is InChI=1S/C2H5Cl.Na/c1-2-3;/h2H2,1H3;. The van der Waals surface area contributed by atoms with Crippen LogP contribution in [0.15, 0.2) is 0 Å². The minimum atomic E-state index is 0. The Hall–Kier alpha value is 1.29. The first-order valence-corrected chi connectivity index (χ1v) is 1.51. The van der Waals surface area contributed by atoms with Crippen molar-refractivity contribution >= 4 is 41.2 Å². The van der Waals surface area contributed by atoms with Crippen LogP contribution in [0.5, 0.6) is 0 Å². The summed E-state index contributed by atoms with van der Waals surface area (Å²) in [5.74, 6) is 0.722. The molecule has 0 atom stereocenters. The molecule has 0 aliphatic carbocycles. The minimum Gasteiger partial charge on any atom is -0.127 e.